The van der Waals surface area contributed by atoms with Crippen molar-refractivity contribution in [2.45, 2.75) is 32.4 Å². The summed E-state index contributed by atoms with van der Waals surface area (Å²) in [5, 5.41) is 2.65. The van der Waals surface area contributed by atoms with Gasteiger partial charge in [-0.25, -0.2) is 0 Å². The van der Waals surface area contributed by atoms with E-state index >= 15 is 0 Å². The van der Waals surface area contributed by atoms with Crippen molar-refractivity contribution in [1.29, 1.82) is 0 Å². The number of benzene rings is 1. The van der Waals surface area contributed by atoms with Crippen molar-refractivity contribution in [3.63, 3.8) is 0 Å². The van der Waals surface area contributed by atoms with Gasteiger partial charge in [0.2, 0.25) is 11.8 Å². The molecule has 2 rings (SSSR count). The minimum Gasteiger partial charge on any atom is -0.333 e. The number of hydrogen-bond donors (Lipinski definition) is 1. The molecule has 23 heavy (non-hydrogen) atoms. The van der Waals surface area contributed by atoms with E-state index in [0.717, 1.165) is 5.56 Å². The number of anilines is 1. The second-order valence-corrected chi connectivity index (χ2v) is 6.06. The molecule has 0 bridgehead atoms. The summed E-state index contributed by atoms with van der Waals surface area (Å²) in [4.78, 5) is 24.4. The highest BCUT2D eigenvalue weighted by Crippen LogP contribution is 2.25. The monoisotopic (exact) mass is 328 g/mol. The van der Waals surface area contributed by atoms with Crippen LogP contribution in [0.15, 0.2) is 24.3 Å². The number of amides is 2. The maximum Gasteiger partial charge on any atom is 0.406 e. The van der Waals surface area contributed by atoms with Crippen LogP contribution in [0.1, 0.15) is 31.7 Å². The normalized spacial score (nSPS) is 18.6. The van der Waals surface area contributed by atoms with Gasteiger partial charge in [-0.15, -0.1) is 0 Å². The molecule has 0 spiro atoms. The molecule has 2 amide bonds. The van der Waals surface area contributed by atoms with Gasteiger partial charge in [-0.2, -0.15) is 13.2 Å². The SMILES string of the molecule is CC(C)c1ccc(NC(=O)C2CC(=O)N(CC(F)(F)F)C2)cc1. The summed E-state index contributed by atoms with van der Waals surface area (Å²) >= 11 is 0. The lowest BCUT2D eigenvalue weighted by Gasteiger charge is -2.18. The molecule has 1 atom stereocenters. The highest BCUT2D eigenvalue weighted by atomic mass is 19.4. The molecular weight excluding hydrogens is 309 g/mol. The number of halogens is 3. The van der Waals surface area contributed by atoms with Crippen LogP contribution >= 0.6 is 0 Å². The van der Waals surface area contributed by atoms with Crippen LogP contribution < -0.4 is 5.32 Å². The van der Waals surface area contributed by atoms with E-state index < -0.39 is 30.5 Å². The van der Waals surface area contributed by atoms with Gasteiger partial charge in [-0.1, -0.05) is 26.0 Å². The fourth-order valence-corrected chi connectivity index (χ4v) is 2.51. The quantitative estimate of drug-likeness (QED) is 0.923. The lowest BCUT2D eigenvalue weighted by Crippen LogP contribution is -2.36. The number of hydrogen-bond acceptors (Lipinski definition) is 2. The van der Waals surface area contributed by atoms with E-state index in [9.17, 15) is 22.8 Å². The Labute approximate surface area is 132 Å². The lowest BCUT2D eigenvalue weighted by molar-refractivity contribution is -0.157. The second-order valence-electron chi connectivity index (χ2n) is 6.06. The maximum atomic E-state index is 12.4. The zero-order valence-corrected chi connectivity index (χ0v) is 13.0. The highest BCUT2D eigenvalue weighted by molar-refractivity contribution is 5.97. The summed E-state index contributed by atoms with van der Waals surface area (Å²) in [5.41, 5.74) is 1.69. The van der Waals surface area contributed by atoms with E-state index in [0.29, 0.717) is 16.5 Å². The van der Waals surface area contributed by atoms with Crippen molar-refractivity contribution in [3.05, 3.63) is 29.8 Å². The van der Waals surface area contributed by atoms with E-state index in [1.165, 1.54) is 0 Å². The third-order valence-corrected chi connectivity index (χ3v) is 3.80. The van der Waals surface area contributed by atoms with Gasteiger partial charge in [0.1, 0.15) is 6.54 Å². The molecule has 1 unspecified atom stereocenters. The van der Waals surface area contributed by atoms with Crippen LogP contribution in [-0.2, 0) is 9.59 Å². The maximum absolute atomic E-state index is 12.4. The third kappa shape index (κ3) is 4.71. The molecule has 1 saturated heterocycles. The van der Waals surface area contributed by atoms with Gasteiger partial charge < -0.3 is 10.2 Å². The minimum absolute atomic E-state index is 0.189. The summed E-state index contributed by atoms with van der Waals surface area (Å²) < 4.78 is 37.1. The summed E-state index contributed by atoms with van der Waals surface area (Å²) in [6.07, 6.45) is -4.64. The van der Waals surface area contributed by atoms with E-state index in [-0.39, 0.29) is 13.0 Å². The Morgan fingerprint density at radius 3 is 2.43 bits per heavy atom. The molecule has 126 valence electrons. The van der Waals surface area contributed by atoms with Crippen LogP contribution in [0, 0.1) is 5.92 Å². The first kappa shape index (κ1) is 17.3. The number of nitrogens with one attached hydrogen (secondary N) is 1. The molecule has 1 N–H and O–H groups in total. The van der Waals surface area contributed by atoms with Crippen LogP contribution in [0.2, 0.25) is 0 Å². The lowest BCUT2D eigenvalue weighted by atomic mass is 10.0. The zero-order valence-electron chi connectivity index (χ0n) is 13.0. The molecular formula is C16H19F3N2O2. The first-order chi connectivity index (χ1) is 10.7. The Balaban J connectivity index is 1.95. The zero-order chi connectivity index (χ0) is 17.2. The average Bonchev–Trinajstić information content (AvgIpc) is 2.79. The highest BCUT2D eigenvalue weighted by Gasteiger charge is 2.40. The minimum atomic E-state index is -4.45. The van der Waals surface area contributed by atoms with Gasteiger partial charge in [0, 0.05) is 18.7 Å². The molecule has 1 aliphatic rings. The number of carbonyl (C=O) groups is 2. The predicted molar refractivity (Wildman–Crippen MR) is 79.9 cm³/mol. The van der Waals surface area contributed by atoms with Crippen molar-refractivity contribution >= 4 is 17.5 Å². The Morgan fingerprint density at radius 2 is 1.91 bits per heavy atom. The van der Waals surface area contributed by atoms with Crippen molar-refractivity contribution in [1.82, 2.24) is 4.90 Å². The molecule has 7 heteroatoms. The third-order valence-electron chi connectivity index (χ3n) is 3.80. The molecule has 0 aromatic heterocycles. The smallest absolute Gasteiger partial charge is 0.333 e. The fourth-order valence-electron chi connectivity index (χ4n) is 2.51. The number of carbonyl (C=O) groups excluding carboxylic acids is 2. The van der Waals surface area contributed by atoms with E-state index in [4.69, 9.17) is 0 Å². The summed E-state index contributed by atoms with van der Waals surface area (Å²) in [5.74, 6) is -1.46. The average molecular weight is 328 g/mol. The number of rotatable bonds is 4. The molecule has 0 saturated carbocycles. The van der Waals surface area contributed by atoms with Crippen molar-refractivity contribution in [2.75, 3.05) is 18.4 Å². The van der Waals surface area contributed by atoms with Gasteiger partial charge >= 0.3 is 6.18 Å². The van der Waals surface area contributed by atoms with Gasteiger partial charge in [0.15, 0.2) is 0 Å². The number of nitrogens with zero attached hydrogens (tertiary/aromatic N) is 1. The molecule has 1 aliphatic heterocycles. The van der Waals surface area contributed by atoms with E-state index in [1.807, 2.05) is 26.0 Å². The number of alkyl halides is 3. The summed E-state index contributed by atoms with van der Waals surface area (Å²) in [6, 6.07) is 7.26. The number of likely N-dealkylation sites (tertiary alicyclic amines) is 1. The Hall–Kier alpha value is -2.05. The van der Waals surface area contributed by atoms with Crippen LogP contribution in [0.4, 0.5) is 18.9 Å². The van der Waals surface area contributed by atoms with Gasteiger partial charge in [0.05, 0.1) is 5.92 Å². The van der Waals surface area contributed by atoms with E-state index in [2.05, 4.69) is 5.32 Å². The standard InChI is InChI=1S/C16H19F3N2O2/c1-10(2)11-3-5-13(6-4-11)20-15(23)12-7-14(22)21(8-12)9-16(17,18)19/h3-6,10,12H,7-9H2,1-2H3,(H,20,23). The van der Waals surface area contributed by atoms with Crippen molar-refractivity contribution in [2.24, 2.45) is 5.92 Å². The molecule has 1 aromatic rings. The Bertz CT molecular complexity index is 582. The molecule has 0 aliphatic carbocycles. The van der Waals surface area contributed by atoms with Crippen molar-refractivity contribution in [3.8, 4) is 0 Å². The van der Waals surface area contributed by atoms with E-state index in [1.54, 1.807) is 12.1 Å². The largest absolute Gasteiger partial charge is 0.406 e. The predicted octanol–water partition coefficient (Wildman–Crippen LogP) is 3.16. The molecule has 1 aromatic carbocycles. The van der Waals surface area contributed by atoms with Gasteiger partial charge in [0.25, 0.3) is 0 Å². The molecule has 1 fully saturated rings. The van der Waals surface area contributed by atoms with Crippen LogP contribution in [0.3, 0.4) is 0 Å². The van der Waals surface area contributed by atoms with Crippen LogP contribution in [0.25, 0.3) is 0 Å². The molecule has 1 heterocycles. The van der Waals surface area contributed by atoms with Gasteiger partial charge in [-0.3, -0.25) is 9.59 Å². The Kier molecular flexibility index (Phi) is 4.97. The molecule has 4 nitrogen and oxygen atoms in total. The summed E-state index contributed by atoms with van der Waals surface area (Å²) in [7, 11) is 0. The first-order valence-electron chi connectivity index (χ1n) is 7.41. The first-order valence-corrected chi connectivity index (χ1v) is 7.41. The van der Waals surface area contributed by atoms with Crippen molar-refractivity contribution < 1.29 is 22.8 Å². The Morgan fingerprint density at radius 1 is 1.30 bits per heavy atom. The van der Waals surface area contributed by atoms with Gasteiger partial charge in [-0.05, 0) is 23.6 Å². The topological polar surface area (TPSA) is 49.4 Å². The van der Waals surface area contributed by atoms with Crippen LogP contribution in [-0.4, -0.2) is 36.0 Å². The van der Waals surface area contributed by atoms with Crippen LogP contribution in [0.5, 0.6) is 0 Å². The fraction of sp³-hybridized carbons (Fsp3) is 0.500. The molecule has 0 radical (unpaired) electrons. The second kappa shape index (κ2) is 6.60. The summed E-state index contributed by atoms with van der Waals surface area (Å²) in [6.45, 7) is 2.59.